The molecule has 2 aromatic rings. The first-order valence-corrected chi connectivity index (χ1v) is 8.51. The zero-order chi connectivity index (χ0) is 18.7. The zero-order valence-corrected chi connectivity index (χ0v) is 14.5. The third kappa shape index (κ3) is 4.25. The summed E-state index contributed by atoms with van der Waals surface area (Å²) in [6, 6.07) is 4.41. The molecule has 26 heavy (non-hydrogen) atoms. The van der Waals surface area contributed by atoms with Gasteiger partial charge in [-0.3, -0.25) is 9.69 Å². The average Bonchev–Trinajstić information content (AvgIpc) is 3.07. The standard InChI is InChI=1S/C18H21F2N3O3/c1-11-4-5-12(17(20)16(11)19)8-21-18(25)15-7-14(26-22-15)10-23-6-2-3-13(24)9-23/h4-5,7,13,24H,2-3,6,8-10H2,1H3,(H,21,25). The number of carbonyl (C=O) groups is 1. The number of nitrogens with one attached hydrogen (secondary N) is 1. The lowest BCUT2D eigenvalue weighted by Gasteiger charge is -2.28. The molecule has 2 heterocycles. The van der Waals surface area contributed by atoms with Crippen LogP contribution in [-0.4, -0.2) is 40.3 Å². The van der Waals surface area contributed by atoms with Crippen LogP contribution in [0.4, 0.5) is 8.78 Å². The Morgan fingerprint density at radius 3 is 3.00 bits per heavy atom. The van der Waals surface area contributed by atoms with Gasteiger partial charge in [0.25, 0.3) is 5.91 Å². The van der Waals surface area contributed by atoms with Gasteiger partial charge in [0.15, 0.2) is 23.1 Å². The summed E-state index contributed by atoms with van der Waals surface area (Å²) in [4.78, 5) is 14.2. The van der Waals surface area contributed by atoms with Crippen molar-refractivity contribution in [2.24, 2.45) is 0 Å². The van der Waals surface area contributed by atoms with Gasteiger partial charge in [-0.05, 0) is 31.9 Å². The molecule has 1 aliphatic rings. The summed E-state index contributed by atoms with van der Waals surface area (Å²) < 4.78 is 32.5. The van der Waals surface area contributed by atoms with E-state index in [9.17, 15) is 18.7 Å². The van der Waals surface area contributed by atoms with Crippen molar-refractivity contribution in [2.75, 3.05) is 13.1 Å². The van der Waals surface area contributed by atoms with E-state index in [4.69, 9.17) is 4.52 Å². The number of aryl methyl sites for hydroxylation is 1. The van der Waals surface area contributed by atoms with Crippen LogP contribution in [0.15, 0.2) is 22.7 Å². The number of hydrogen-bond acceptors (Lipinski definition) is 5. The number of nitrogens with zero attached hydrogens (tertiary/aromatic N) is 2. The molecule has 3 rings (SSSR count). The molecule has 2 N–H and O–H groups in total. The maximum Gasteiger partial charge on any atom is 0.273 e. The third-order valence-electron chi connectivity index (χ3n) is 4.45. The first-order chi connectivity index (χ1) is 12.4. The number of aromatic nitrogens is 1. The molecule has 1 unspecified atom stereocenters. The molecule has 8 heteroatoms. The smallest absolute Gasteiger partial charge is 0.273 e. The number of amides is 1. The Kier molecular flexibility index (Phi) is 5.63. The summed E-state index contributed by atoms with van der Waals surface area (Å²) in [5.41, 5.74) is 0.347. The molecular formula is C18H21F2N3O3. The van der Waals surface area contributed by atoms with Crippen molar-refractivity contribution in [3.8, 4) is 0 Å². The molecule has 1 fully saturated rings. The van der Waals surface area contributed by atoms with Crippen LogP contribution in [0.2, 0.25) is 0 Å². The number of aliphatic hydroxyl groups excluding tert-OH is 1. The molecule has 1 aromatic carbocycles. The number of β-amino-alcohol motifs (C(OH)–C–C–N with tert-alkyl or cyclic N) is 1. The van der Waals surface area contributed by atoms with Gasteiger partial charge in [0.2, 0.25) is 0 Å². The van der Waals surface area contributed by atoms with E-state index in [2.05, 4.69) is 10.5 Å². The van der Waals surface area contributed by atoms with Crippen molar-refractivity contribution in [1.29, 1.82) is 0 Å². The fourth-order valence-corrected chi connectivity index (χ4v) is 2.98. The largest absolute Gasteiger partial charge is 0.392 e. The zero-order valence-electron chi connectivity index (χ0n) is 14.5. The van der Waals surface area contributed by atoms with E-state index in [1.165, 1.54) is 25.1 Å². The molecule has 1 saturated heterocycles. The predicted molar refractivity (Wildman–Crippen MR) is 89.3 cm³/mol. The van der Waals surface area contributed by atoms with Gasteiger partial charge in [0.05, 0.1) is 12.6 Å². The van der Waals surface area contributed by atoms with Crippen LogP contribution in [0.5, 0.6) is 0 Å². The van der Waals surface area contributed by atoms with E-state index in [0.29, 0.717) is 18.8 Å². The highest BCUT2D eigenvalue weighted by Crippen LogP contribution is 2.16. The lowest BCUT2D eigenvalue weighted by atomic mass is 10.1. The Morgan fingerprint density at radius 1 is 1.42 bits per heavy atom. The van der Waals surface area contributed by atoms with Gasteiger partial charge in [-0.25, -0.2) is 8.78 Å². The van der Waals surface area contributed by atoms with Crippen LogP contribution in [0, 0.1) is 18.6 Å². The number of halogens is 2. The van der Waals surface area contributed by atoms with Crippen LogP contribution >= 0.6 is 0 Å². The quantitative estimate of drug-likeness (QED) is 0.849. The lowest BCUT2D eigenvalue weighted by Crippen LogP contribution is -2.37. The minimum atomic E-state index is -0.963. The number of piperidine rings is 1. The van der Waals surface area contributed by atoms with E-state index in [-0.39, 0.29) is 29.5 Å². The Morgan fingerprint density at radius 2 is 2.23 bits per heavy atom. The number of benzene rings is 1. The highest BCUT2D eigenvalue weighted by atomic mass is 19.2. The maximum absolute atomic E-state index is 13.8. The summed E-state index contributed by atoms with van der Waals surface area (Å²) in [6.45, 7) is 3.18. The first-order valence-electron chi connectivity index (χ1n) is 8.51. The fraction of sp³-hybridized carbons (Fsp3) is 0.444. The number of rotatable bonds is 5. The first kappa shape index (κ1) is 18.5. The van der Waals surface area contributed by atoms with Gasteiger partial charge in [-0.2, -0.15) is 0 Å². The molecule has 0 bridgehead atoms. The lowest BCUT2D eigenvalue weighted by molar-refractivity contribution is 0.0622. The predicted octanol–water partition coefficient (Wildman–Crippen LogP) is 2.15. The van der Waals surface area contributed by atoms with Crippen LogP contribution in [0.3, 0.4) is 0 Å². The third-order valence-corrected chi connectivity index (χ3v) is 4.45. The van der Waals surface area contributed by atoms with Crippen LogP contribution in [0.1, 0.15) is 40.2 Å². The molecule has 0 aliphatic carbocycles. The highest BCUT2D eigenvalue weighted by Gasteiger charge is 2.20. The van der Waals surface area contributed by atoms with Crippen LogP contribution in [0.25, 0.3) is 0 Å². The maximum atomic E-state index is 13.8. The summed E-state index contributed by atoms with van der Waals surface area (Å²) in [5.74, 6) is -1.89. The number of likely N-dealkylation sites (tertiary alicyclic amines) is 1. The number of hydrogen-bond donors (Lipinski definition) is 2. The van der Waals surface area contributed by atoms with Gasteiger partial charge < -0.3 is 14.9 Å². The van der Waals surface area contributed by atoms with Crippen LogP contribution < -0.4 is 5.32 Å². The molecule has 0 radical (unpaired) electrons. The minimum Gasteiger partial charge on any atom is -0.392 e. The Hall–Kier alpha value is -2.32. The van der Waals surface area contributed by atoms with Crippen molar-refractivity contribution < 1.29 is 23.2 Å². The van der Waals surface area contributed by atoms with Crippen molar-refractivity contribution in [3.05, 3.63) is 52.4 Å². The van der Waals surface area contributed by atoms with Crippen LogP contribution in [-0.2, 0) is 13.1 Å². The molecule has 6 nitrogen and oxygen atoms in total. The molecular weight excluding hydrogens is 344 g/mol. The van der Waals surface area contributed by atoms with Gasteiger partial charge >= 0.3 is 0 Å². The second kappa shape index (κ2) is 7.92. The fourth-order valence-electron chi connectivity index (χ4n) is 2.98. The number of carbonyl (C=O) groups excluding carboxylic acids is 1. The Bertz CT molecular complexity index is 794. The van der Waals surface area contributed by atoms with E-state index in [1.54, 1.807) is 0 Å². The summed E-state index contributed by atoms with van der Waals surface area (Å²) in [6.07, 6.45) is 1.34. The number of aliphatic hydroxyl groups is 1. The second-order valence-corrected chi connectivity index (χ2v) is 6.56. The summed E-state index contributed by atoms with van der Waals surface area (Å²) in [5, 5.41) is 15.9. The molecule has 1 atom stereocenters. The molecule has 140 valence electrons. The van der Waals surface area contributed by atoms with Crippen molar-refractivity contribution in [3.63, 3.8) is 0 Å². The van der Waals surface area contributed by atoms with E-state index >= 15 is 0 Å². The van der Waals surface area contributed by atoms with Gasteiger partial charge in [0, 0.05) is 24.7 Å². The van der Waals surface area contributed by atoms with Crippen molar-refractivity contribution >= 4 is 5.91 Å². The normalized spacial score (nSPS) is 18.1. The van der Waals surface area contributed by atoms with E-state index in [1.807, 2.05) is 4.90 Å². The molecule has 1 aromatic heterocycles. The Labute approximate surface area is 149 Å². The minimum absolute atomic E-state index is 0.0625. The summed E-state index contributed by atoms with van der Waals surface area (Å²) >= 11 is 0. The van der Waals surface area contributed by atoms with Gasteiger partial charge in [-0.15, -0.1) is 0 Å². The SMILES string of the molecule is Cc1ccc(CNC(=O)c2cc(CN3CCCC(O)C3)on2)c(F)c1F. The Balaban J connectivity index is 1.57. The van der Waals surface area contributed by atoms with Gasteiger partial charge in [-0.1, -0.05) is 17.3 Å². The van der Waals surface area contributed by atoms with Crippen molar-refractivity contribution in [1.82, 2.24) is 15.4 Å². The van der Waals surface area contributed by atoms with Crippen molar-refractivity contribution in [2.45, 2.75) is 39.0 Å². The molecule has 1 aliphatic heterocycles. The molecule has 1 amide bonds. The van der Waals surface area contributed by atoms with E-state index < -0.39 is 17.5 Å². The molecule has 0 spiro atoms. The molecule has 0 saturated carbocycles. The highest BCUT2D eigenvalue weighted by molar-refractivity contribution is 5.92. The topological polar surface area (TPSA) is 78.6 Å². The second-order valence-electron chi connectivity index (χ2n) is 6.56. The van der Waals surface area contributed by atoms with E-state index in [0.717, 1.165) is 19.4 Å². The monoisotopic (exact) mass is 365 g/mol. The van der Waals surface area contributed by atoms with Gasteiger partial charge in [0.1, 0.15) is 0 Å². The average molecular weight is 365 g/mol. The summed E-state index contributed by atoms with van der Waals surface area (Å²) in [7, 11) is 0.